The maximum Gasteiger partial charge on any atom is 0.237 e. The zero-order chi connectivity index (χ0) is 31.6. The molecule has 240 valence electrons. The van der Waals surface area contributed by atoms with Crippen molar-refractivity contribution in [2.75, 3.05) is 75.4 Å². The topological polar surface area (TPSA) is 129 Å². The van der Waals surface area contributed by atoms with E-state index < -0.39 is 0 Å². The van der Waals surface area contributed by atoms with Gasteiger partial charge in [-0.3, -0.25) is 29.2 Å². The molecule has 2 fully saturated rings. The molecule has 4 aromatic rings. The van der Waals surface area contributed by atoms with Gasteiger partial charge < -0.3 is 14.5 Å². The summed E-state index contributed by atoms with van der Waals surface area (Å²) in [6.07, 6.45) is 5.38. The number of aromatic amines is 1. The molecule has 2 saturated heterocycles. The lowest BCUT2D eigenvalue weighted by Crippen LogP contribution is -2.42. The van der Waals surface area contributed by atoms with Crippen molar-refractivity contribution in [3.63, 3.8) is 0 Å². The Labute approximate surface area is 267 Å². The normalized spacial score (nSPS) is 19.1. The largest absolute Gasteiger partial charge is 0.378 e. The lowest BCUT2D eigenvalue weighted by molar-refractivity contribution is -0.132. The zero-order valence-electron chi connectivity index (χ0n) is 26.4. The first kappa shape index (κ1) is 30.1. The van der Waals surface area contributed by atoms with E-state index in [1.54, 1.807) is 15.9 Å². The highest BCUT2D eigenvalue weighted by molar-refractivity contribution is 5.96. The number of fused-ring (bicyclic) bond motifs is 1. The number of aromatic nitrogens is 6. The van der Waals surface area contributed by atoms with Crippen LogP contribution in [0.4, 0.5) is 11.6 Å². The van der Waals surface area contributed by atoms with Gasteiger partial charge in [-0.15, -0.1) is 0 Å². The van der Waals surface area contributed by atoms with Gasteiger partial charge in [0.2, 0.25) is 11.8 Å². The first-order valence-corrected chi connectivity index (χ1v) is 16.1. The van der Waals surface area contributed by atoms with Crippen LogP contribution < -0.4 is 9.80 Å². The Kier molecular flexibility index (Phi) is 8.50. The fourth-order valence-corrected chi connectivity index (χ4v) is 6.60. The van der Waals surface area contributed by atoms with E-state index in [4.69, 9.17) is 9.72 Å². The number of hydrogen-bond donors (Lipinski definition) is 1. The van der Waals surface area contributed by atoms with Gasteiger partial charge in [0.05, 0.1) is 31.2 Å². The summed E-state index contributed by atoms with van der Waals surface area (Å²) in [7, 11) is 1.86. The fraction of sp³-hybridized carbons (Fsp3) is 0.455. The quantitative estimate of drug-likeness (QED) is 0.315. The number of aryl methyl sites for hydroxylation is 1. The molecule has 7 rings (SSSR count). The van der Waals surface area contributed by atoms with Crippen molar-refractivity contribution in [2.45, 2.75) is 19.8 Å². The molecule has 1 aromatic carbocycles. The van der Waals surface area contributed by atoms with E-state index in [9.17, 15) is 9.59 Å². The number of benzene rings is 1. The molecule has 3 aliphatic heterocycles. The minimum absolute atomic E-state index is 0.0520. The van der Waals surface area contributed by atoms with Crippen molar-refractivity contribution >= 4 is 40.1 Å². The molecule has 13 nitrogen and oxygen atoms in total. The maximum absolute atomic E-state index is 13.7. The van der Waals surface area contributed by atoms with Gasteiger partial charge in [-0.2, -0.15) is 10.2 Å². The Morgan fingerprint density at radius 3 is 2.57 bits per heavy atom. The van der Waals surface area contributed by atoms with Crippen molar-refractivity contribution in [1.82, 2.24) is 39.7 Å². The van der Waals surface area contributed by atoms with Crippen LogP contribution in [0.3, 0.4) is 0 Å². The molecule has 1 N–H and O–H groups in total. The highest BCUT2D eigenvalue weighted by atomic mass is 16.5. The Morgan fingerprint density at radius 2 is 1.85 bits per heavy atom. The smallest absolute Gasteiger partial charge is 0.237 e. The number of carbonyl (C=O) groups excluding carboxylic acids is 2. The second-order valence-corrected chi connectivity index (χ2v) is 12.2. The molecular weight excluding hydrogens is 584 g/mol. The van der Waals surface area contributed by atoms with E-state index in [0.717, 1.165) is 60.5 Å². The van der Waals surface area contributed by atoms with Gasteiger partial charge in [-0.1, -0.05) is 30.3 Å². The highest BCUT2D eigenvalue weighted by Gasteiger charge is 2.34. The molecule has 46 heavy (non-hydrogen) atoms. The van der Waals surface area contributed by atoms with E-state index in [0.29, 0.717) is 57.6 Å². The van der Waals surface area contributed by atoms with Crippen LogP contribution in [-0.2, 0) is 21.4 Å². The number of hydrogen-bond acceptors (Lipinski definition) is 9. The number of morpholine rings is 1. The van der Waals surface area contributed by atoms with Gasteiger partial charge in [0, 0.05) is 51.9 Å². The number of anilines is 2. The first-order valence-electron chi connectivity index (χ1n) is 16.1. The van der Waals surface area contributed by atoms with Crippen molar-refractivity contribution in [3.8, 4) is 11.4 Å². The summed E-state index contributed by atoms with van der Waals surface area (Å²) in [6.45, 7) is 8.21. The summed E-state index contributed by atoms with van der Waals surface area (Å²) >= 11 is 0. The molecule has 0 aliphatic carbocycles. The van der Waals surface area contributed by atoms with Crippen molar-refractivity contribution in [1.29, 1.82) is 0 Å². The third-order valence-corrected chi connectivity index (χ3v) is 9.20. The minimum Gasteiger partial charge on any atom is -0.378 e. The maximum atomic E-state index is 13.7. The molecule has 3 aliphatic rings. The van der Waals surface area contributed by atoms with Crippen LogP contribution in [0.25, 0.3) is 28.0 Å². The summed E-state index contributed by atoms with van der Waals surface area (Å²) in [5.74, 6) is 2.12. The molecular formula is C33H40N10O3. The van der Waals surface area contributed by atoms with Gasteiger partial charge in [-0.25, -0.2) is 9.97 Å². The monoisotopic (exact) mass is 624 g/mol. The van der Waals surface area contributed by atoms with Crippen LogP contribution in [0.15, 0.2) is 48.8 Å². The molecule has 0 radical (unpaired) electrons. The average Bonchev–Trinajstić information content (AvgIpc) is 3.86. The number of amides is 2. The Balaban J connectivity index is 0.941. The number of carbonyl (C=O) groups is 2. The molecule has 0 unspecified atom stereocenters. The van der Waals surface area contributed by atoms with E-state index in [1.165, 1.54) is 5.57 Å². The fourth-order valence-electron chi connectivity index (χ4n) is 6.60. The number of nitrogens with one attached hydrogen (secondary N) is 1. The Hall–Kier alpha value is -4.62. The molecule has 2 amide bonds. The van der Waals surface area contributed by atoms with E-state index in [-0.39, 0.29) is 17.7 Å². The van der Waals surface area contributed by atoms with Crippen LogP contribution in [0.2, 0.25) is 0 Å². The van der Waals surface area contributed by atoms with Gasteiger partial charge in [0.15, 0.2) is 11.6 Å². The van der Waals surface area contributed by atoms with Gasteiger partial charge >= 0.3 is 0 Å². The Morgan fingerprint density at radius 1 is 1.04 bits per heavy atom. The summed E-state index contributed by atoms with van der Waals surface area (Å²) < 4.78 is 7.19. The summed E-state index contributed by atoms with van der Waals surface area (Å²) in [5, 5.41) is 12.0. The number of likely N-dealkylation sites (tertiary alicyclic amines) is 1. The molecule has 0 bridgehead atoms. The molecule has 6 heterocycles. The number of nitrogens with zero attached hydrogens (tertiary/aromatic N) is 9. The summed E-state index contributed by atoms with van der Waals surface area (Å²) in [5.41, 5.74) is 4.99. The lowest BCUT2D eigenvalue weighted by Gasteiger charge is -2.29. The number of H-pyrrole nitrogens is 1. The minimum atomic E-state index is -0.176. The number of rotatable bonds is 8. The highest BCUT2D eigenvalue weighted by Crippen LogP contribution is 2.29. The summed E-state index contributed by atoms with van der Waals surface area (Å²) in [4.78, 5) is 44.2. The number of pyridine rings is 1. The predicted molar refractivity (Wildman–Crippen MR) is 175 cm³/mol. The van der Waals surface area contributed by atoms with Crippen molar-refractivity contribution in [3.05, 3.63) is 54.4 Å². The standard InChI is InChI=1S/C33H40N10O3/c1-3-43(28-9-8-27-30(35-28)32(37-36-27)42-16-18-46-19-17-42)33(45)26-10-13-40(20-26)21-29(44)41-14-11-24(12-15-41)23-4-6-25(7-5-23)31-34-22-39(2)38-31/h4-9,11,22,26H,3,10,12-21H2,1-2H3,(H,36,37)/t26-/m1/s1. The van der Waals surface area contributed by atoms with Crippen molar-refractivity contribution < 1.29 is 14.3 Å². The molecule has 1 atom stereocenters. The van der Waals surface area contributed by atoms with Crippen LogP contribution in [0, 0.1) is 5.92 Å². The second-order valence-electron chi connectivity index (χ2n) is 12.2. The molecule has 0 spiro atoms. The zero-order valence-corrected chi connectivity index (χ0v) is 26.4. The van der Waals surface area contributed by atoms with Gasteiger partial charge in [0.1, 0.15) is 17.7 Å². The van der Waals surface area contributed by atoms with Crippen molar-refractivity contribution in [2.24, 2.45) is 13.0 Å². The van der Waals surface area contributed by atoms with E-state index in [2.05, 4.69) is 48.3 Å². The van der Waals surface area contributed by atoms with Gasteiger partial charge in [-0.05, 0) is 49.6 Å². The van der Waals surface area contributed by atoms with Crippen LogP contribution in [0.1, 0.15) is 25.3 Å². The SMILES string of the molecule is CCN(C(=O)[C@@H]1CCN(CC(=O)N2CC=C(c3ccc(-c4ncn(C)n4)cc3)CC2)C1)c1ccc2[nH]nc(N3CCOCC3)c2n1. The molecule has 13 heteroatoms. The van der Waals surface area contributed by atoms with Gasteiger partial charge in [0.25, 0.3) is 0 Å². The van der Waals surface area contributed by atoms with E-state index >= 15 is 0 Å². The second kappa shape index (κ2) is 13.0. The van der Waals surface area contributed by atoms with Crippen LogP contribution >= 0.6 is 0 Å². The average molecular weight is 625 g/mol. The van der Waals surface area contributed by atoms with E-state index in [1.807, 2.05) is 43.1 Å². The van der Waals surface area contributed by atoms with Crippen LogP contribution in [0.5, 0.6) is 0 Å². The predicted octanol–water partition coefficient (Wildman–Crippen LogP) is 2.58. The first-order chi connectivity index (χ1) is 22.5. The third kappa shape index (κ3) is 6.12. The number of ether oxygens (including phenoxy) is 1. The molecule has 0 saturated carbocycles. The summed E-state index contributed by atoms with van der Waals surface area (Å²) in [6, 6.07) is 12.1. The van der Waals surface area contributed by atoms with Crippen LogP contribution in [-0.4, -0.2) is 117 Å². The lowest BCUT2D eigenvalue weighted by atomic mass is 9.98. The molecule has 3 aromatic heterocycles. The Bertz CT molecular complexity index is 1740. The third-order valence-electron chi connectivity index (χ3n) is 9.20.